The summed E-state index contributed by atoms with van der Waals surface area (Å²) in [6.45, 7) is 6.87. The van der Waals surface area contributed by atoms with Crippen LogP contribution < -0.4 is 11.1 Å². The highest BCUT2D eigenvalue weighted by Gasteiger charge is 2.18. The van der Waals surface area contributed by atoms with Gasteiger partial charge in [-0.1, -0.05) is 11.3 Å². The average molecular weight is 322 g/mol. The topological polar surface area (TPSA) is 116 Å². The fraction of sp³-hybridized carbons (Fsp3) is 0.462. The van der Waals surface area contributed by atoms with E-state index in [1.54, 1.807) is 20.8 Å². The van der Waals surface area contributed by atoms with Crippen LogP contribution in [0.5, 0.6) is 0 Å². The van der Waals surface area contributed by atoms with Crippen molar-refractivity contribution >= 4 is 28.2 Å². The van der Waals surface area contributed by atoms with Gasteiger partial charge in [0.1, 0.15) is 11.6 Å². The summed E-state index contributed by atoms with van der Waals surface area (Å²) in [4.78, 5) is 23.7. The summed E-state index contributed by atoms with van der Waals surface area (Å²) in [6.07, 6.45) is 0. The van der Waals surface area contributed by atoms with Crippen molar-refractivity contribution in [2.75, 3.05) is 5.73 Å². The van der Waals surface area contributed by atoms with Gasteiger partial charge in [-0.3, -0.25) is 14.3 Å². The second kappa shape index (κ2) is 6.22. The molecule has 2 heterocycles. The Balaban J connectivity index is 2.06. The summed E-state index contributed by atoms with van der Waals surface area (Å²) >= 11 is 1.23. The maximum absolute atomic E-state index is 12.1. The quantitative estimate of drug-likeness (QED) is 0.794. The highest BCUT2D eigenvalue weighted by Crippen LogP contribution is 2.19. The summed E-state index contributed by atoms with van der Waals surface area (Å²) in [5, 5.41) is 15.7. The van der Waals surface area contributed by atoms with Crippen molar-refractivity contribution in [2.24, 2.45) is 0 Å². The van der Waals surface area contributed by atoms with E-state index in [4.69, 9.17) is 5.73 Å². The van der Waals surface area contributed by atoms with Crippen LogP contribution in [-0.2, 0) is 11.3 Å². The number of amides is 1. The molecule has 2 rings (SSSR count). The minimum atomic E-state index is -0.286. The molecule has 3 N–H and O–H groups in total. The first kappa shape index (κ1) is 16.1. The number of Topliss-reactive ketones (excluding diaryl/α,β-unsaturated/α-hetero) is 1. The minimum absolute atomic E-state index is 0.0403. The van der Waals surface area contributed by atoms with Gasteiger partial charge in [0.15, 0.2) is 5.78 Å². The van der Waals surface area contributed by atoms with Crippen molar-refractivity contribution < 1.29 is 9.59 Å². The molecule has 0 aromatic carbocycles. The maximum Gasteiger partial charge on any atom is 0.242 e. The molecule has 118 valence electrons. The molecule has 8 nitrogen and oxygen atoms in total. The lowest BCUT2D eigenvalue weighted by Crippen LogP contribution is -2.30. The number of nitrogens with zero attached hydrogens (tertiary/aromatic N) is 4. The third-order valence-corrected chi connectivity index (χ3v) is 4.17. The first-order valence-corrected chi connectivity index (χ1v) is 7.54. The molecule has 1 atom stereocenters. The lowest BCUT2D eigenvalue weighted by Gasteiger charge is -2.11. The van der Waals surface area contributed by atoms with Crippen LogP contribution in [0, 0.1) is 13.8 Å². The van der Waals surface area contributed by atoms with Gasteiger partial charge in [0.2, 0.25) is 11.0 Å². The van der Waals surface area contributed by atoms with Crippen molar-refractivity contribution in [1.82, 2.24) is 25.3 Å². The van der Waals surface area contributed by atoms with E-state index in [9.17, 15) is 9.59 Å². The van der Waals surface area contributed by atoms with Crippen LogP contribution in [-0.4, -0.2) is 31.7 Å². The maximum atomic E-state index is 12.1. The number of anilines is 1. The smallest absolute Gasteiger partial charge is 0.242 e. The van der Waals surface area contributed by atoms with Crippen molar-refractivity contribution in [3.8, 4) is 0 Å². The van der Waals surface area contributed by atoms with E-state index in [0.29, 0.717) is 27.1 Å². The normalized spacial score (nSPS) is 12.2. The van der Waals surface area contributed by atoms with E-state index in [0.717, 1.165) is 0 Å². The van der Waals surface area contributed by atoms with E-state index >= 15 is 0 Å². The number of nitrogens with two attached hydrogens (primary N) is 1. The molecule has 0 aliphatic carbocycles. The molecule has 0 spiro atoms. The van der Waals surface area contributed by atoms with Crippen molar-refractivity contribution in [1.29, 1.82) is 0 Å². The van der Waals surface area contributed by atoms with E-state index < -0.39 is 0 Å². The zero-order valence-electron chi connectivity index (χ0n) is 12.9. The third kappa shape index (κ3) is 3.30. The zero-order chi connectivity index (χ0) is 16.4. The highest BCUT2D eigenvalue weighted by molar-refractivity contribution is 7.15. The van der Waals surface area contributed by atoms with Crippen LogP contribution in [0.2, 0.25) is 0 Å². The number of nitrogen functional groups attached to an aromatic ring is 1. The van der Waals surface area contributed by atoms with Gasteiger partial charge in [0.05, 0.1) is 17.3 Å². The number of ketones is 1. The van der Waals surface area contributed by atoms with Gasteiger partial charge < -0.3 is 11.1 Å². The van der Waals surface area contributed by atoms with E-state index in [-0.39, 0.29) is 24.3 Å². The number of carbonyl (C=O) groups is 2. The monoisotopic (exact) mass is 322 g/mol. The number of rotatable bonds is 5. The van der Waals surface area contributed by atoms with Gasteiger partial charge in [-0.05, 0) is 27.7 Å². The Morgan fingerprint density at radius 1 is 1.36 bits per heavy atom. The molecule has 0 radical (unpaired) electrons. The van der Waals surface area contributed by atoms with Gasteiger partial charge in [0.25, 0.3) is 0 Å². The molecule has 2 aromatic rings. The molecule has 0 aliphatic heterocycles. The van der Waals surface area contributed by atoms with Crippen LogP contribution in [0.4, 0.5) is 5.13 Å². The Kier molecular flexibility index (Phi) is 4.55. The minimum Gasteiger partial charge on any atom is -0.374 e. The van der Waals surface area contributed by atoms with E-state index in [1.807, 2.05) is 0 Å². The van der Waals surface area contributed by atoms with Gasteiger partial charge in [0, 0.05) is 5.69 Å². The van der Waals surface area contributed by atoms with Crippen molar-refractivity contribution in [3.05, 3.63) is 22.0 Å². The van der Waals surface area contributed by atoms with Gasteiger partial charge in [-0.25, -0.2) is 0 Å². The Bertz CT molecular complexity index is 720. The molecule has 0 saturated heterocycles. The van der Waals surface area contributed by atoms with E-state index in [1.165, 1.54) is 22.9 Å². The van der Waals surface area contributed by atoms with Crippen LogP contribution in [0.25, 0.3) is 0 Å². The first-order chi connectivity index (χ1) is 10.3. The summed E-state index contributed by atoms with van der Waals surface area (Å²) in [5.74, 6) is -0.277. The summed E-state index contributed by atoms with van der Waals surface area (Å²) in [6, 6.07) is -0.286. The number of aryl methyl sites for hydroxylation is 1. The molecular weight excluding hydrogens is 304 g/mol. The number of hydrogen-bond donors (Lipinski definition) is 2. The number of nitrogens with one attached hydrogen (secondary N) is 1. The molecule has 22 heavy (non-hydrogen) atoms. The molecule has 0 unspecified atom stereocenters. The molecular formula is C13H18N6O2S. The van der Waals surface area contributed by atoms with Crippen molar-refractivity contribution in [3.63, 3.8) is 0 Å². The number of aromatic nitrogens is 4. The lowest BCUT2D eigenvalue weighted by atomic mass is 10.1. The van der Waals surface area contributed by atoms with Gasteiger partial charge in [-0.2, -0.15) is 5.10 Å². The molecule has 2 aromatic heterocycles. The highest BCUT2D eigenvalue weighted by atomic mass is 32.1. The largest absolute Gasteiger partial charge is 0.374 e. The Hall–Kier alpha value is -2.29. The summed E-state index contributed by atoms with van der Waals surface area (Å²) < 4.78 is 1.53. The van der Waals surface area contributed by atoms with Crippen molar-refractivity contribution in [2.45, 2.75) is 40.3 Å². The van der Waals surface area contributed by atoms with Crippen LogP contribution >= 0.6 is 11.3 Å². The SMILES string of the molecule is CC(=O)c1c(C)nn(CC(=O)N[C@H](C)c2nnc(N)s2)c1C. The van der Waals surface area contributed by atoms with Gasteiger partial charge >= 0.3 is 0 Å². The number of carbonyl (C=O) groups excluding carboxylic acids is 2. The predicted molar refractivity (Wildman–Crippen MR) is 82.6 cm³/mol. The Morgan fingerprint density at radius 2 is 2.05 bits per heavy atom. The average Bonchev–Trinajstić information content (AvgIpc) is 2.94. The molecule has 9 heteroatoms. The second-order valence-electron chi connectivity index (χ2n) is 5.03. The standard InChI is InChI=1S/C13H18N6O2S/c1-6-11(9(4)20)8(3)19(18-6)5-10(21)15-7(2)12-16-17-13(14)22-12/h7H,5H2,1-4H3,(H2,14,17)(H,15,21)/t7-/m1/s1. The molecule has 0 fully saturated rings. The zero-order valence-corrected chi connectivity index (χ0v) is 13.7. The summed E-state index contributed by atoms with van der Waals surface area (Å²) in [5.41, 5.74) is 7.41. The van der Waals surface area contributed by atoms with Gasteiger partial charge in [-0.15, -0.1) is 10.2 Å². The molecule has 0 bridgehead atoms. The fourth-order valence-corrected chi connectivity index (χ4v) is 2.88. The van der Waals surface area contributed by atoms with Crippen LogP contribution in [0.15, 0.2) is 0 Å². The summed E-state index contributed by atoms with van der Waals surface area (Å²) in [7, 11) is 0. The molecule has 1 amide bonds. The van der Waals surface area contributed by atoms with E-state index in [2.05, 4.69) is 20.6 Å². The second-order valence-corrected chi connectivity index (χ2v) is 6.07. The third-order valence-electron chi connectivity index (χ3n) is 3.23. The molecule has 0 aliphatic rings. The Morgan fingerprint density at radius 3 is 2.55 bits per heavy atom. The first-order valence-electron chi connectivity index (χ1n) is 6.72. The lowest BCUT2D eigenvalue weighted by molar-refractivity contribution is -0.122. The Labute approximate surface area is 131 Å². The van der Waals surface area contributed by atoms with Crippen LogP contribution in [0.1, 0.15) is 46.6 Å². The fourth-order valence-electron chi connectivity index (χ4n) is 2.27. The number of hydrogen-bond acceptors (Lipinski definition) is 7. The molecule has 0 saturated carbocycles. The van der Waals surface area contributed by atoms with Crippen LogP contribution in [0.3, 0.4) is 0 Å². The predicted octanol–water partition coefficient (Wildman–Crippen LogP) is 1.01.